The standard InChI is InChI=1S/C13H17N3O3/c1-8(14-2)10-4-3-9(5-11(10)17)16-6-12(18)15-13(19)7-16/h3-5,8,14,17H,6-7H2,1-2H3,(H,15,18,19). The van der Waals surface area contributed by atoms with Crippen LogP contribution in [-0.4, -0.2) is 37.1 Å². The van der Waals surface area contributed by atoms with E-state index in [0.717, 1.165) is 5.56 Å². The largest absolute Gasteiger partial charge is 0.508 e. The molecule has 1 aromatic carbocycles. The van der Waals surface area contributed by atoms with Crippen molar-refractivity contribution in [1.29, 1.82) is 0 Å². The number of phenols is 1. The number of amides is 2. The van der Waals surface area contributed by atoms with Crippen molar-refractivity contribution in [3.05, 3.63) is 23.8 Å². The fraction of sp³-hybridized carbons (Fsp3) is 0.385. The Kier molecular flexibility index (Phi) is 3.71. The molecular weight excluding hydrogens is 246 g/mol. The van der Waals surface area contributed by atoms with Crippen LogP contribution in [0, 0.1) is 0 Å². The van der Waals surface area contributed by atoms with Gasteiger partial charge in [0.15, 0.2) is 0 Å². The molecule has 3 N–H and O–H groups in total. The fourth-order valence-electron chi connectivity index (χ4n) is 2.07. The van der Waals surface area contributed by atoms with Gasteiger partial charge in [0.25, 0.3) is 0 Å². The van der Waals surface area contributed by atoms with E-state index in [4.69, 9.17) is 0 Å². The topological polar surface area (TPSA) is 81.7 Å². The average Bonchev–Trinajstić information content (AvgIpc) is 2.36. The Morgan fingerprint density at radius 3 is 2.47 bits per heavy atom. The SMILES string of the molecule is CNC(C)c1ccc(N2CC(=O)NC(=O)C2)cc1O. The first-order valence-corrected chi connectivity index (χ1v) is 6.09. The van der Waals surface area contributed by atoms with Crippen LogP contribution in [0.1, 0.15) is 18.5 Å². The Balaban J connectivity index is 2.24. The van der Waals surface area contributed by atoms with E-state index in [0.29, 0.717) is 5.69 Å². The predicted octanol–water partition coefficient (Wildman–Crippen LogP) is 0.135. The number of rotatable bonds is 3. The van der Waals surface area contributed by atoms with Gasteiger partial charge in [0.2, 0.25) is 11.8 Å². The second kappa shape index (κ2) is 5.27. The number of nitrogens with one attached hydrogen (secondary N) is 2. The Morgan fingerprint density at radius 1 is 1.32 bits per heavy atom. The molecule has 2 rings (SSSR count). The number of piperazine rings is 1. The van der Waals surface area contributed by atoms with Crippen LogP contribution >= 0.6 is 0 Å². The highest BCUT2D eigenvalue weighted by Crippen LogP contribution is 2.29. The van der Waals surface area contributed by atoms with E-state index in [2.05, 4.69) is 10.6 Å². The summed E-state index contributed by atoms with van der Waals surface area (Å²) in [6.45, 7) is 2.17. The van der Waals surface area contributed by atoms with Gasteiger partial charge in [-0.15, -0.1) is 0 Å². The molecule has 6 nitrogen and oxygen atoms in total. The molecule has 6 heteroatoms. The second-order valence-electron chi connectivity index (χ2n) is 4.58. The molecule has 0 aliphatic carbocycles. The molecule has 0 spiro atoms. The third kappa shape index (κ3) is 2.85. The van der Waals surface area contributed by atoms with E-state index in [1.807, 2.05) is 14.0 Å². The molecule has 19 heavy (non-hydrogen) atoms. The normalized spacial score (nSPS) is 17.3. The lowest BCUT2D eigenvalue weighted by atomic mass is 10.1. The van der Waals surface area contributed by atoms with Crippen LogP contribution in [0.5, 0.6) is 5.75 Å². The number of anilines is 1. The molecule has 1 heterocycles. The molecule has 1 aliphatic heterocycles. The maximum atomic E-state index is 11.3. The summed E-state index contributed by atoms with van der Waals surface area (Å²) in [4.78, 5) is 24.3. The number of nitrogens with zero attached hydrogens (tertiary/aromatic N) is 1. The summed E-state index contributed by atoms with van der Waals surface area (Å²) in [5.41, 5.74) is 1.44. The van der Waals surface area contributed by atoms with E-state index >= 15 is 0 Å². The van der Waals surface area contributed by atoms with Gasteiger partial charge in [-0.3, -0.25) is 14.9 Å². The molecular formula is C13H17N3O3. The Hall–Kier alpha value is -2.08. The molecule has 0 saturated carbocycles. The van der Waals surface area contributed by atoms with E-state index in [1.54, 1.807) is 23.1 Å². The number of hydrogen-bond donors (Lipinski definition) is 3. The number of carbonyl (C=O) groups is 2. The van der Waals surface area contributed by atoms with Gasteiger partial charge in [0.1, 0.15) is 5.75 Å². The van der Waals surface area contributed by atoms with Gasteiger partial charge in [0, 0.05) is 23.4 Å². The number of imide groups is 1. The summed E-state index contributed by atoms with van der Waals surface area (Å²) in [7, 11) is 1.81. The van der Waals surface area contributed by atoms with Crippen LogP contribution < -0.4 is 15.5 Å². The van der Waals surface area contributed by atoms with Gasteiger partial charge in [-0.25, -0.2) is 0 Å². The third-order valence-corrected chi connectivity index (χ3v) is 3.23. The van der Waals surface area contributed by atoms with Crippen molar-refractivity contribution in [1.82, 2.24) is 10.6 Å². The zero-order valence-electron chi connectivity index (χ0n) is 10.9. The van der Waals surface area contributed by atoms with Crippen LogP contribution in [0.4, 0.5) is 5.69 Å². The third-order valence-electron chi connectivity index (χ3n) is 3.23. The van der Waals surface area contributed by atoms with E-state index in [1.165, 1.54) is 0 Å². The molecule has 1 aromatic rings. The summed E-state index contributed by atoms with van der Waals surface area (Å²) in [5.74, 6) is -0.510. The average molecular weight is 263 g/mol. The number of carbonyl (C=O) groups excluding carboxylic acids is 2. The molecule has 102 valence electrons. The maximum absolute atomic E-state index is 11.3. The molecule has 0 radical (unpaired) electrons. The number of hydrogen-bond acceptors (Lipinski definition) is 5. The zero-order chi connectivity index (χ0) is 14.0. The molecule has 0 bridgehead atoms. The van der Waals surface area contributed by atoms with Crippen molar-refractivity contribution in [2.75, 3.05) is 25.0 Å². The van der Waals surface area contributed by atoms with Crippen molar-refractivity contribution >= 4 is 17.5 Å². The highest BCUT2D eigenvalue weighted by atomic mass is 16.3. The molecule has 1 unspecified atom stereocenters. The van der Waals surface area contributed by atoms with Crippen molar-refractivity contribution in [3.8, 4) is 5.75 Å². The predicted molar refractivity (Wildman–Crippen MR) is 70.9 cm³/mol. The lowest BCUT2D eigenvalue weighted by Gasteiger charge is -2.28. The summed E-state index contributed by atoms with van der Waals surface area (Å²) >= 11 is 0. The molecule has 1 saturated heterocycles. The van der Waals surface area contributed by atoms with Crippen molar-refractivity contribution in [2.24, 2.45) is 0 Å². The molecule has 0 aromatic heterocycles. The van der Waals surface area contributed by atoms with Crippen LogP contribution in [0.3, 0.4) is 0 Å². The van der Waals surface area contributed by atoms with E-state index < -0.39 is 0 Å². The summed E-state index contributed by atoms with van der Waals surface area (Å²) in [5, 5.41) is 15.3. The van der Waals surface area contributed by atoms with E-state index in [9.17, 15) is 14.7 Å². The summed E-state index contributed by atoms with van der Waals surface area (Å²) < 4.78 is 0. The Bertz CT molecular complexity index is 500. The lowest BCUT2D eigenvalue weighted by molar-refractivity contribution is -0.130. The second-order valence-corrected chi connectivity index (χ2v) is 4.58. The van der Waals surface area contributed by atoms with Crippen LogP contribution in [0.25, 0.3) is 0 Å². The van der Waals surface area contributed by atoms with Crippen molar-refractivity contribution in [3.63, 3.8) is 0 Å². The quantitative estimate of drug-likeness (QED) is 0.676. The maximum Gasteiger partial charge on any atom is 0.246 e. The summed E-state index contributed by atoms with van der Waals surface area (Å²) in [6, 6.07) is 5.20. The zero-order valence-corrected chi connectivity index (χ0v) is 10.9. The van der Waals surface area contributed by atoms with Crippen molar-refractivity contribution in [2.45, 2.75) is 13.0 Å². The van der Waals surface area contributed by atoms with Gasteiger partial charge in [-0.05, 0) is 20.0 Å². The van der Waals surface area contributed by atoms with Gasteiger partial charge in [-0.1, -0.05) is 6.07 Å². The smallest absolute Gasteiger partial charge is 0.246 e. The van der Waals surface area contributed by atoms with Gasteiger partial charge in [-0.2, -0.15) is 0 Å². The van der Waals surface area contributed by atoms with Crippen LogP contribution in [0.15, 0.2) is 18.2 Å². The Morgan fingerprint density at radius 2 is 1.95 bits per heavy atom. The minimum absolute atomic E-state index is 0.0281. The first-order chi connectivity index (χ1) is 9.01. The van der Waals surface area contributed by atoms with Gasteiger partial charge >= 0.3 is 0 Å². The van der Waals surface area contributed by atoms with Crippen LogP contribution in [-0.2, 0) is 9.59 Å². The summed E-state index contributed by atoms with van der Waals surface area (Å²) in [6.07, 6.45) is 0. The van der Waals surface area contributed by atoms with E-state index in [-0.39, 0.29) is 36.7 Å². The number of benzene rings is 1. The molecule has 1 atom stereocenters. The molecule has 1 aliphatic rings. The van der Waals surface area contributed by atoms with Gasteiger partial charge in [0.05, 0.1) is 13.1 Å². The minimum atomic E-state index is -0.330. The van der Waals surface area contributed by atoms with Crippen molar-refractivity contribution < 1.29 is 14.7 Å². The monoisotopic (exact) mass is 263 g/mol. The first-order valence-electron chi connectivity index (χ1n) is 6.09. The highest BCUT2D eigenvalue weighted by molar-refractivity contribution is 6.02. The van der Waals surface area contributed by atoms with Gasteiger partial charge < -0.3 is 15.3 Å². The number of aromatic hydroxyl groups is 1. The fourth-order valence-corrected chi connectivity index (χ4v) is 2.07. The minimum Gasteiger partial charge on any atom is -0.508 e. The number of phenolic OH excluding ortho intramolecular Hbond substituents is 1. The van der Waals surface area contributed by atoms with Crippen LogP contribution in [0.2, 0.25) is 0 Å². The highest BCUT2D eigenvalue weighted by Gasteiger charge is 2.23. The molecule has 1 fully saturated rings. The lowest BCUT2D eigenvalue weighted by Crippen LogP contribution is -2.51. The molecule has 2 amide bonds. The Labute approximate surface area is 111 Å². The first kappa shape index (κ1) is 13.4.